The van der Waals surface area contributed by atoms with Crippen molar-refractivity contribution in [2.45, 2.75) is 23.8 Å². The number of nitrogens with zero attached hydrogens (tertiary/aromatic N) is 2. The second-order valence-electron chi connectivity index (χ2n) is 7.03. The minimum Gasteiger partial charge on any atom is -0.379 e. The third kappa shape index (κ3) is 6.02. The number of ether oxygens (including phenoxy) is 1. The fourth-order valence-corrected chi connectivity index (χ4v) is 5.29. The Balaban J connectivity index is 1.17. The smallest absolute Gasteiger partial charge is 0.221 e. The first-order valence-electron chi connectivity index (χ1n) is 9.89. The third-order valence-corrected chi connectivity index (χ3v) is 7.03. The highest BCUT2D eigenvalue weighted by atomic mass is 32.2. The van der Waals surface area contributed by atoms with Crippen LogP contribution in [0.3, 0.4) is 0 Å². The molecule has 29 heavy (non-hydrogen) atoms. The van der Waals surface area contributed by atoms with Crippen molar-refractivity contribution in [1.29, 1.82) is 0 Å². The van der Waals surface area contributed by atoms with Gasteiger partial charge in [0.25, 0.3) is 0 Å². The maximum atomic E-state index is 12.1. The quantitative estimate of drug-likeness (QED) is 0.552. The van der Waals surface area contributed by atoms with Gasteiger partial charge in [0.2, 0.25) is 5.91 Å². The molecule has 0 unspecified atom stereocenters. The van der Waals surface area contributed by atoms with Crippen LogP contribution < -0.4 is 5.32 Å². The molecule has 0 bridgehead atoms. The Morgan fingerprint density at radius 3 is 2.66 bits per heavy atom. The van der Waals surface area contributed by atoms with Gasteiger partial charge in [-0.3, -0.25) is 9.69 Å². The minimum atomic E-state index is 0.0796. The number of amides is 1. The van der Waals surface area contributed by atoms with E-state index in [9.17, 15) is 4.79 Å². The van der Waals surface area contributed by atoms with Gasteiger partial charge in [0.1, 0.15) is 0 Å². The number of rotatable bonds is 8. The summed E-state index contributed by atoms with van der Waals surface area (Å²) in [5.74, 6) is 0.820. The van der Waals surface area contributed by atoms with E-state index in [-0.39, 0.29) is 5.91 Å². The molecule has 4 rings (SSSR count). The highest BCUT2D eigenvalue weighted by molar-refractivity contribution is 8.01. The zero-order valence-electron chi connectivity index (χ0n) is 16.3. The summed E-state index contributed by atoms with van der Waals surface area (Å²) in [5.41, 5.74) is 3.46. The van der Waals surface area contributed by atoms with Crippen LogP contribution in [0.2, 0.25) is 0 Å². The Kier molecular flexibility index (Phi) is 7.16. The van der Waals surface area contributed by atoms with Crippen LogP contribution in [0.25, 0.3) is 10.2 Å². The summed E-state index contributed by atoms with van der Waals surface area (Å²) >= 11 is 3.33. The van der Waals surface area contributed by atoms with Crippen LogP contribution in [-0.4, -0.2) is 47.8 Å². The molecular weight excluding hydrogens is 402 g/mol. The molecule has 3 aromatic rings. The monoisotopic (exact) mass is 427 g/mol. The van der Waals surface area contributed by atoms with Gasteiger partial charge < -0.3 is 10.1 Å². The average molecular weight is 428 g/mol. The zero-order valence-corrected chi connectivity index (χ0v) is 17.9. The molecule has 1 aromatic heterocycles. The summed E-state index contributed by atoms with van der Waals surface area (Å²) < 4.78 is 7.61. The normalized spacial score (nSPS) is 14.9. The number of carbonyl (C=O) groups excluding carboxylic acids is 1. The van der Waals surface area contributed by atoms with Crippen LogP contribution in [0, 0.1) is 0 Å². The number of benzene rings is 2. The third-order valence-electron chi connectivity index (χ3n) is 4.85. The SMILES string of the molecule is O=C(CCSc1nc2ccccc2s1)NCc1ccc(CN2CCOCC2)cc1. The van der Waals surface area contributed by atoms with E-state index >= 15 is 0 Å². The van der Waals surface area contributed by atoms with Gasteiger partial charge in [0.05, 0.1) is 23.4 Å². The lowest BCUT2D eigenvalue weighted by Gasteiger charge is -2.26. The molecule has 152 valence electrons. The van der Waals surface area contributed by atoms with Crippen molar-refractivity contribution >= 4 is 39.2 Å². The summed E-state index contributed by atoms with van der Waals surface area (Å²) in [6.07, 6.45) is 0.496. The maximum absolute atomic E-state index is 12.1. The summed E-state index contributed by atoms with van der Waals surface area (Å²) in [7, 11) is 0. The average Bonchev–Trinajstić information content (AvgIpc) is 3.17. The van der Waals surface area contributed by atoms with Gasteiger partial charge in [-0.25, -0.2) is 4.98 Å². The van der Waals surface area contributed by atoms with Gasteiger partial charge in [0, 0.05) is 38.4 Å². The van der Waals surface area contributed by atoms with Crippen LogP contribution >= 0.6 is 23.1 Å². The number of fused-ring (bicyclic) bond motifs is 1. The fourth-order valence-electron chi connectivity index (χ4n) is 3.21. The van der Waals surface area contributed by atoms with Gasteiger partial charge in [-0.15, -0.1) is 11.3 Å². The first-order chi connectivity index (χ1) is 14.3. The number of thioether (sulfide) groups is 1. The van der Waals surface area contributed by atoms with Gasteiger partial charge in [0.15, 0.2) is 4.34 Å². The van der Waals surface area contributed by atoms with Crippen LogP contribution in [0.15, 0.2) is 52.9 Å². The topological polar surface area (TPSA) is 54.5 Å². The molecule has 0 spiro atoms. The van der Waals surface area contributed by atoms with E-state index in [2.05, 4.69) is 45.5 Å². The molecule has 1 amide bonds. The predicted octanol–water partition coefficient (Wildman–Crippen LogP) is 3.93. The molecule has 0 radical (unpaired) electrons. The molecule has 1 N–H and O–H groups in total. The number of hydrogen-bond acceptors (Lipinski definition) is 6. The molecule has 2 aromatic carbocycles. The highest BCUT2D eigenvalue weighted by Gasteiger charge is 2.10. The Morgan fingerprint density at radius 1 is 1.10 bits per heavy atom. The number of aromatic nitrogens is 1. The Hall–Kier alpha value is -1.93. The highest BCUT2D eigenvalue weighted by Crippen LogP contribution is 2.29. The molecule has 0 aliphatic carbocycles. The van der Waals surface area contributed by atoms with Crippen LogP contribution in [0.5, 0.6) is 0 Å². The molecular formula is C22H25N3O2S2. The first-order valence-corrected chi connectivity index (χ1v) is 11.7. The molecule has 1 aliphatic heterocycles. The van der Waals surface area contributed by atoms with E-state index in [1.54, 1.807) is 23.1 Å². The van der Waals surface area contributed by atoms with Crippen molar-refractivity contribution in [3.05, 3.63) is 59.7 Å². The van der Waals surface area contributed by atoms with Crippen molar-refractivity contribution in [3.8, 4) is 0 Å². The van der Waals surface area contributed by atoms with E-state index < -0.39 is 0 Å². The van der Waals surface area contributed by atoms with Crippen LogP contribution in [0.4, 0.5) is 0 Å². The summed E-state index contributed by atoms with van der Waals surface area (Å²) in [6.45, 7) is 5.16. The molecule has 1 saturated heterocycles. The Labute approximate surface area is 179 Å². The number of nitrogens with one attached hydrogen (secondary N) is 1. The summed E-state index contributed by atoms with van der Waals surface area (Å²) in [4.78, 5) is 19.1. The van der Waals surface area contributed by atoms with Gasteiger partial charge in [-0.05, 0) is 23.3 Å². The van der Waals surface area contributed by atoms with Gasteiger partial charge in [-0.1, -0.05) is 48.2 Å². The number of thiazole rings is 1. The second kappa shape index (κ2) is 10.2. The van der Waals surface area contributed by atoms with Gasteiger partial charge >= 0.3 is 0 Å². The van der Waals surface area contributed by atoms with Crippen molar-refractivity contribution in [2.24, 2.45) is 0 Å². The van der Waals surface area contributed by atoms with E-state index in [4.69, 9.17) is 4.74 Å². The Bertz CT molecular complexity index is 904. The zero-order chi connectivity index (χ0) is 19.9. The van der Waals surface area contributed by atoms with E-state index in [1.807, 2.05) is 18.2 Å². The lowest BCUT2D eigenvalue weighted by Crippen LogP contribution is -2.35. The van der Waals surface area contributed by atoms with Crippen LogP contribution in [-0.2, 0) is 22.6 Å². The minimum absolute atomic E-state index is 0.0796. The number of para-hydroxylation sites is 1. The number of hydrogen-bond donors (Lipinski definition) is 1. The number of carbonyl (C=O) groups is 1. The molecule has 5 nitrogen and oxygen atoms in total. The van der Waals surface area contributed by atoms with Crippen molar-refractivity contribution in [1.82, 2.24) is 15.2 Å². The van der Waals surface area contributed by atoms with Crippen molar-refractivity contribution in [2.75, 3.05) is 32.1 Å². The molecule has 0 atom stereocenters. The predicted molar refractivity (Wildman–Crippen MR) is 119 cm³/mol. The van der Waals surface area contributed by atoms with Gasteiger partial charge in [-0.2, -0.15) is 0 Å². The lowest BCUT2D eigenvalue weighted by atomic mass is 10.1. The van der Waals surface area contributed by atoms with E-state index in [0.29, 0.717) is 13.0 Å². The Morgan fingerprint density at radius 2 is 1.86 bits per heavy atom. The number of morpholine rings is 1. The molecule has 1 fully saturated rings. The van der Waals surface area contributed by atoms with Crippen molar-refractivity contribution < 1.29 is 9.53 Å². The van der Waals surface area contributed by atoms with Crippen molar-refractivity contribution in [3.63, 3.8) is 0 Å². The van der Waals surface area contributed by atoms with Crippen LogP contribution in [0.1, 0.15) is 17.5 Å². The largest absolute Gasteiger partial charge is 0.379 e. The van der Waals surface area contributed by atoms with E-state index in [0.717, 1.165) is 54.0 Å². The lowest BCUT2D eigenvalue weighted by molar-refractivity contribution is -0.120. The summed E-state index contributed by atoms with van der Waals surface area (Å²) in [6, 6.07) is 16.6. The standard InChI is InChI=1S/C22H25N3O2S2/c26-21(9-14-28-22-24-19-3-1-2-4-20(19)29-22)23-15-17-5-7-18(8-6-17)16-25-10-12-27-13-11-25/h1-8H,9-16H2,(H,23,26). The molecule has 1 aliphatic rings. The maximum Gasteiger partial charge on any atom is 0.221 e. The second-order valence-corrected chi connectivity index (χ2v) is 9.40. The first kappa shape index (κ1) is 20.3. The summed E-state index contributed by atoms with van der Waals surface area (Å²) in [5, 5.41) is 3.02. The fraction of sp³-hybridized carbons (Fsp3) is 0.364. The molecule has 7 heteroatoms. The van der Waals surface area contributed by atoms with E-state index in [1.165, 1.54) is 10.3 Å². The molecule has 0 saturated carbocycles. The molecule has 2 heterocycles.